The molecule has 2 rings (SSSR count). The Kier molecular flexibility index (Phi) is 1.85. The fraction of sp³-hybridized carbons (Fsp3) is 0.125. The average molecular weight is 275 g/mol. The van der Waals surface area contributed by atoms with E-state index >= 15 is 0 Å². The van der Waals surface area contributed by atoms with E-state index in [4.69, 9.17) is 0 Å². The highest BCUT2D eigenvalue weighted by atomic mass is 127. The second-order valence-corrected chi connectivity index (χ2v) is 4.54. The molecular weight excluding hydrogens is 269 g/mol. The third-order valence-corrected chi connectivity index (χ3v) is 3.01. The second-order valence-electron chi connectivity index (χ2n) is 2.46. The van der Waals surface area contributed by atoms with Gasteiger partial charge in [-0.25, -0.2) is 0 Å². The van der Waals surface area contributed by atoms with Crippen LogP contribution >= 0.6 is 34.1 Å². The second kappa shape index (κ2) is 2.71. The van der Waals surface area contributed by atoms with E-state index in [1.165, 1.54) is 19.2 Å². The molecule has 0 fully saturated rings. The molecule has 0 saturated heterocycles. The number of fused-ring (bicyclic) bond motifs is 1. The fourth-order valence-corrected chi connectivity index (χ4v) is 2.85. The molecule has 0 saturated carbocycles. The van der Waals surface area contributed by atoms with Crippen molar-refractivity contribution >= 4 is 44.2 Å². The Labute approximate surface area is 82.7 Å². The Bertz CT molecular complexity index is 394. The van der Waals surface area contributed by atoms with E-state index in [-0.39, 0.29) is 0 Å². The summed E-state index contributed by atoms with van der Waals surface area (Å²) < 4.78 is 6.72. The normalized spacial score (nSPS) is 10.7. The molecule has 1 heterocycles. The van der Waals surface area contributed by atoms with Crippen molar-refractivity contribution in [3.05, 3.63) is 27.5 Å². The molecule has 1 aromatic carbocycles. The summed E-state index contributed by atoms with van der Waals surface area (Å²) in [6, 6.07) is 4.35. The van der Waals surface area contributed by atoms with Gasteiger partial charge in [0, 0.05) is 15.2 Å². The van der Waals surface area contributed by atoms with Crippen molar-refractivity contribution in [2.75, 3.05) is 0 Å². The van der Waals surface area contributed by atoms with E-state index in [1.807, 2.05) is 6.20 Å². The highest BCUT2D eigenvalue weighted by molar-refractivity contribution is 14.1. The van der Waals surface area contributed by atoms with Crippen molar-refractivity contribution in [2.45, 2.75) is 6.92 Å². The van der Waals surface area contributed by atoms with Crippen LogP contribution in [0.1, 0.15) is 5.56 Å². The highest BCUT2D eigenvalue weighted by Gasteiger charge is 2.00. The van der Waals surface area contributed by atoms with Gasteiger partial charge in [-0.2, -0.15) is 4.37 Å². The minimum Gasteiger partial charge on any atom is -0.200 e. The molecular formula is C8H6INS. The molecule has 0 amide bonds. The zero-order valence-corrected chi connectivity index (χ0v) is 8.94. The molecule has 11 heavy (non-hydrogen) atoms. The first-order chi connectivity index (χ1) is 5.27. The molecule has 0 bridgehead atoms. The summed E-state index contributed by atoms with van der Waals surface area (Å²) in [7, 11) is 0. The minimum atomic E-state index is 1.29. The Morgan fingerprint density at radius 1 is 1.45 bits per heavy atom. The van der Waals surface area contributed by atoms with E-state index in [2.05, 4.69) is 46.0 Å². The number of hydrogen-bond acceptors (Lipinski definition) is 2. The van der Waals surface area contributed by atoms with E-state index in [1.54, 1.807) is 11.5 Å². The average Bonchev–Trinajstić information content (AvgIpc) is 2.34. The molecule has 0 aliphatic carbocycles. The molecule has 2 aromatic rings. The predicted molar refractivity (Wildman–Crippen MR) is 57.1 cm³/mol. The van der Waals surface area contributed by atoms with Crippen LogP contribution in [0.15, 0.2) is 18.3 Å². The number of benzene rings is 1. The number of halogens is 1. The largest absolute Gasteiger partial charge is 0.200 e. The quantitative estimate of drug-likeness (QED) is 0.673. The van der Waals surface area contributed by atoms with Crippen LogP contribution in [-0.4, -0.2) is 4.37 Å². The first-order valence-corrected chi connectivity index (χ1v) is 5.13. The highest BCUT2D eigenvalue weighted by Crippen LogP contribution is 2.23. The molecule has 3 heteroatoms. The molecule has 0 N–H and O–H groups in total. The van der Waals surface area contributed by atoms with Gasteiger partial charge in [0.1, 0.15) is 0 Å². The Morgan fingerprint density at radius 3 is 3.09 bits per heavy atom. The summed E-state index contributed by atoms with van der Waals surface area (Å²) in [4.78, 5) is 0. The van der Waals surface area contributed by atoms with Crippen molar-refractivity contribution in [1.82, 2.24) is 4.37 Å². The third-order valence-electron chi connectivity index (χ3n) is 1.65. The summed E-state index contributed by atoms with van der Waals surface area (Å²) in [5.41, 5.74) is 1.32. The van der Waals surface area contributed by atoms with Crippen molar-refractivity contribution in [2.24, 2.45) is 0 Å². The smallest absolute Gasteiger partial charge is 0.0563 e. The SMILES string of the molecule is Cc1cc(I)cc2sncc12. The first kappa shape index (κ1) is 7.49. The van der Waals surface area contributed by atoms with Crippen LogP contribution in [0.3, 0.4) is 0 Å². The molecule has 1 nitrogen and oxygen atoms in total. The molecule has 56 valence electrons. The topological polar surface area (TPSA) is 12.9 Å². The molecule has 0 aliphatic rings. The Balaban J connectivity index is 2.91. The molecule has 0 atom stereocenters. The number of hydrogen-bond donors (Lipinski definition) is 0. The van der Waals surface area contributed by atoms with Crippen LogP contribution in [0.4, 0.5) is 0 Å². The maximum atomic E-state index is 4.14. The standard InChI is InChI=1S/C8H6INS/c1-5-2-6(9)3-8-7(5)4-10-11-8/h2-4H,1H3. The van der Waals surface area contributed by atoms with Gasteiger partial charge in [0.15, 0.2) is 0 Å². The lowest BCUT2D eigenvalue weighted by Gasteiger charge is -1.94. The third kappa shape index (κ3) is 1.27. The first-order valence-electron chi connectivity index (χ1n) is 3.28. The molecule has 0 spiro atoms. The number of aryl methyl sites for hydroxylation is 1. The van der Waals surface area contributed by atoms with Gasteiger partial charge in [-0.3, -0.25) is 0 Å². The maximum Gasteiger partial charge on any atom is 0.0563 e. The number of rotatable bonds is 0. The zero-order chi connectivity index (χ0) is 7.84. The number of nitrogens with zero attached hydrogens (tertiary/aromatic N) is 1. The summed E-state index contributed by atoms with van der Waals surface area (Å²) >= 11 is 3.89. The van der Waals surface area contributed by atoms with Crippen molar-refractivity contribution in [3.8, 4) is 0 Å². The Hall–Kier alpha value is -0.160. The lowest BCUT2D eigenvalue weighted by atomic mass is 10.2. The van der Waals surface area contributed by atoms with Crippen LogP contribution < -0.4 is 0 Å². The maximum absolute atomic E-state index is 4.14. The van der Waals surface area contributed by atoms with Crippen molar-refractivity contribution in [3.63, 3.8) is 0 Å². The van der Waals surface area contributed by atoms with Gasteiger partial charge in [-0.05, 0) is 58.7 Å². The van der Waals surface area contributed by atoms with Crippen molar-refractivity contribution in [1.29, 1.82) is 0 Å². The van der Waals surface area contributed by atoms with Gasteiger partial charge < -0.3 is 0 Å². The van der Waals surface area contributed by atoms with E-state index in [0.29, 0.717) is 0 Å². The molecule has 0 unspecified atom stereocenters. The van der Waals surface area contributed by atoms with Gasteiger partial charge >= 0.3 is 0 Å². The van der Waals surface area contributed by atoms with Crippen LogP contribution in [0.5, 0.6) is 0 Å². The van der Waals surface area contributed by atoms with Crippen molar-refractivity contribution < 1.29 is 0 Å². The van der Waals surface area contributed by atoms with Gasteiger partial charge in [-0.15, -0.1) is 0 Å². The summed E-state index contributed by atoms with van der Waals surface area (Å²) in [5.74, 6) is 0. The molecule has 0 aliphatic heterocycles. The number of aromatic nitrogens is 1. The molecule has 1 aromatic heterocycles. The lowest BCUT2D eigenvalue weighted by molar-refractivity contribution is 1.50. The van der Waals surface area contributed by atoms with Crippen LogP contribution in [0.25, 0.3) is 10.1 Å². The van der Waals surface area contributed by atoms with Gasteiger partial charge in [-0.1, -0.05) is 0 Å². The summed E-state index contributed by atoms with van der Waals surface area (Å²) in [6.07, 6.45) is 1.94. The van der Waals surface area contributed by atoms with Crippen LogP contribution in [0.2, 0.25) is 0 Å². The van der Waals surface area contributed by atoms with Gasteiger partial charge in [0.25, 0.3) is 0 Å². The van der Waals surface area contributed by atoms with E-state index < -0.39 is 0 Å². The van der Waals surface area contributed by atoms with Crippen LogP contribution in [0, 0.1) is 10.5 Å². The van der Waals surface area contributed by atoms with E-state index in [9.17, 15) is 0 Å². The Morgan fingerprint density at radius 2 is 2.27 bits per heavy atom. The zero-order valence-electron chi connectivity index (χ0n) is 5.97. The lowest BCUT2D eigenvalue weighted by Crippen LogP contribution is -1.75. The van der Waals surface area contributed by atoms with Crippen LogP contribution in [-0.2, 0) is 0 Å². The van der Waals surface area contributed by atoms with Gasteiger partial charge in [0.2, 0.25) is 0 Å². The summed E-state index contributed by atoms with van der Waals surface area (Å²) in [6.45, 7) is 2.12. The summed E-state index contributed by atoms with van der Waals surface area (Å²) in [5, 5.41) is 1.29. The fourth-order valence-electron chi connectivity index (χ4n) is 1.10. The minimum absolute atomic E-state index is 1.29. The van der Waals surface area contributed by atoms with E-state index in [0.717, 1.165) is 0 Å². The molecule has 0 radical (unpaired) electrons. The monoisotopic (exact) mass is 275 g/mol. The predicted octanol–water partition coefficient (Wildman–Crippen LogP) is 3.21. The van der Waals surface area contributed by atoms with Gasteiger partial charge in [0.05, 0.1) is 4.70 Å².